The maximum Gasteiger partial charge on any atom is 0.449 e. The molecule has 1 N–H and O–H groups in total. The van der Waals surface area contributed by atoms with Crippen molar-refractivity contribution < 1.29 is 46.1 Å². The standard InChI is InChI=1S/C11H13F5O5/c1-4-7(17)21-6(2)8(3)9(12,13)10(18,11(14,15)16)20-5-19-8/h4,6,18H,1,5H2,2-3H3. The van der Waals surface area contributed by atoms with Gasteiger partial charge in [0.15, 0.2) is 12.4 Å². The molecule has 0 aromatic rings. The first-order chi connectivity index (χ1) is 9.33. The summed E-state index contributed by atoms with van der Waals surface area (Å²) in [5.74, 6) is -10.8. The number of halogens is 5. The first-order valence-electron chi connectivity index (χ1n) is 5.61. The molecule has 0 saturated carbocycles. The van der Waals surface area contributed by atoms with Crippen LogP contribution < -0.4 is 0 Å². The average molecular weight is 320 g/mol. The Labute approximate surface area is 116 Å². The second-order valence-corrected chi connectivity index (χ2v) is 4.51. The predicted molar refractivity (Wildman–Crippen MR) is 57.1 cm³/mol. The van der Waals surface area contributed by atoms with E-state index < -0.39 is 42.4 Å². The van der Waals surface area contributed by atoms with Gasteiger partial charge < -0.3 is 19.3 Å². The number of aliphatic hydroxyl groups is 1. The number of alkyl halides is 5. The summed E-state index contributed by atoms with van der Waals surface area (Å²) in [6.07, 6.45) is -6.97. The van der Waals surface area contributed by atoms with Crippen LogP contribution in [0.3, 0.4) is 0 Å². The lowest BCUT2D eigenvalue weighted by molar-refractivity contribution is -0.505. The average Bonchev–Trinajstić information content (AvgIpc) is 2.34. The van der Waals surface area contributed by atoms with Crippen LogP contribution in [-0.2, 0) is 19.0 Å². The zero-order valence-electron chi connectivity index (χ0n) is 11.0. The first-order valence-corrected chi connectivity index (χ1v) is 5.61. The molecular weight excluding hydrogens is 307 g/mol. The molecule has 1 aliphatic rings. The third kappa shape index (κ3) is 2.51. The van der Waals surface area contributed by atoms with Crippen molar-refractivity contribution in [3.63, 3.8) is 0 Å². The molecule has 122 valence electrons. The van der Waals surface area contributed by atoms with Gasteiger partial charge in [0.05, 0.1) is 0 Å². The van der Waals surface area contributed by atoms with E-state index in [1.54, 1.807) is 0 Å². The molecule has 0 spiro atoms. The Morgan fingerprint density at radius 1 is 1.43 bits per heavy atom. The van der Waals surface area contributed by atoms with E-state index in [1.165, 1.54) is 0 Å². The zero-order chi connectivity index (χ0) is 16.7. The Balaban J connectivity index is 3.23. The summed E-state index contributed by atoms with van der Waals surface area (Å²) in [7, 11) is 0. The molecule has 0 radical (unpaired) electrons. The van der Waals surface area contributed by atoms with Crippen molar-refractivity contribution in [1.82, 2.24) is 0 Å². The molecule has 5 nitrogen and oxygen atoms in total. The fourth-order valence-electron chi connectivity index (χ4n) is 1.72. The number of ether oxygens (including phenoxy) is 3. The summed E-state index contributed by atoms with van der Waals surface area (Å²) in [4.78, 5) is 11.0. The Hall–Kier alpha value is -1.26. The number of hydrogen-bond donors (Lipinski definition) is 1. The highest BCUT2D eigenvalue weighted by Crippen LogP contribution is 2.53. The van der Waals surface area contributed by atoms with Gasteiger partial charge in [-0.3, -0.25) is 0 Å². The molecule has 1 heterocycles. The van der Waals surface area contributed by atoms with Gasteiger partial charge in [0.2, 0.25) is 0 Å². The van der Waals surface area contributed by atoms with E-state index in [-0.39, 0.29) is 0 Å². The van der Waals surface area contributed by atoms with Crippen LogP contribution in [0, 0.1) is 0 Å². The van der Waals surface area contributed by atoms with Crippen LogP contribution in [0.25, 0.3) is 0 Å². The molecule has 1 saturated heterocycles. The summed E-state index contributed by atoms with van der Waals surface area (Å²) >= 11 is 0. The monoisotopic (exact) mass is 320 g/mol. The lowest BCUT2D eigenvalue weighted by Crippen LogP contribution is -2.75. The Morgan fingerprint density at radius 3 is 2.38 bits per heavy atom. The molecule has 0 aromatic carbocycles. The minimum atomic E-state index is -5.79. The molecule has 1 rings (SSSR count). The van der Waals surface area contributed by atoms with Gasteiger partial charge in [0, 0.05) is 6.08 Å². The maximum atomic E-state index is 14.2. The Kier molecular flexibility index (Phi) is 4.39. The molecule has 21 heavy (non-hydrogen) atoms. The Morgan fingerprint density at radius 2 is 1.95 bits per heavy atom. The van der Waals surface area contributed by atoms with Crippen LogP contribution in [0.2, 0.25) is 0 Å². The van der Waals surface area contributed by atoms with E-state index in [0.29, 0.717) is 13.0 Å². The molecule has 1 fully saturated rings. The van der Waals surface area contributed by atoms with Gasteiger partial charge in [0.25, 0.3) is 0 Å². The van der Waals surface area contributed by atoms with E-state index in [4.69, 9.17) is 0 Å². The molecule has 0 aromatic heterocycles. The van der Waals surface area contributed by atoms with Crippen LogP contribution in [-0.4, -0.2) is 47.5 Å². The van der Waals surface area contributed by atoms with Crippen LogP contribution >= 0.6 is 0 Å². The first kappa shape index (κ1) is 17.8. The van der Waals surface area contributed by atoms with Gasteiger partial charge >= 0.3 is 23.9 Å². The maximum absolute atomic E-state index is 14.2. The van der Waals surface area contributed by atoms with E-state index in [1.807, 2.05) is 0 Å². The number of carbonyl (C=O) groups excluding carboxylic acids is 1. The largest absolute Gasteiger partial charge is 0.456 e. The van der Waals surface area contributed by atoms with Gasteiger partial charge in [0.1, 0.15) is 6.10 Å². The zero-order valence-corrected chi connectivity index (χ0v) is 11.0. The Bertz CT molecular complexity index is 437. The normalized spacial score (nSPS) is 34.1. The molecule has 0 aliphatic carbocycles. The van der Waals surface area contributed by atoms with Crippen molar-refractivity contribution in [3.05, 3.63) is 12.7 Å². The van der Waals surface area contributed by atoms with E-state index in [9.17, 15) is 31.9 Å². The highest BCUT2D eigenvalue weighted by molar-refractivity contribution is 5.81. The van der Waals surface area contributed by atoms with Gasteiger partial charge in [-0.25, -0.2) is 4.79 Å². The van der Waals surface area contributed by atoms with Crippen molar-refractivity contribution in [2.45, 2.75) is 43.4 Å². The smallest absolute Gasteiger partial charge is 0.449 e. The number of hydrogen-bond acceptors (Lipinski definition) is 5. The third-order valence-corrected chi connectivity index (χ3v) is 3.30. The minimum absolute atomic E-state index is 0.577. The molecule has 0 bridgehead atoms. The fraction of sp³-hybridized carbons (Fsp3) is 0.727. The van der Waals surface area contributed by atoms with Crippen LogP contribution in [0.15, 0.2) is 12.7 Å². The van der Waals surface area contributed by atoms with Crippen molar-refractivity contribution >= 4 is 5.97 Å². The summed E-state index contributed by atoms with van der Waals surface area (Å²) in [5.41, 5.74) is -2.96. The van der Waals surface area contributed by atoms with Crippen LogP contribution in [0.5, 0.6) is 0 Å². The number of rotatable bonds is 3. The molecular formula is C11H13F5O5. The quantitative estimate of drug-likeness (QED) is 0.488. The lowest BCUT2D eigenvalue weighted by atomic mass is 9.84. The molecule has 0 amide bonds. The van der Waals surface area contributed by atoms with Crippen molar-refractivity contribution in [2.75, 3.05) is 6.79 Å². The topological polar surface area (TPSA) is 65.0 Å². The van der Waals surface area contributed by atoms with E-state index in [2.05, 4.69) is 20.8 Å². The number of carbonyl (C=O) groups is 1. The van der Waals surface area contributed by atoms with Gasteiger partial charge in [-0.15, -0.1) is 0 Å². The number of esters is 1. The van der Waals surface area contributed by atoms with E-state index >= 15 is 0 Å². The molecule has 3 atom stereocenters. The summed E-state index contributed by atoms with van der Waals surface area (Å²) in [5, 5.41) is 9.27. The lowest BCUT2D eigenvalue weighted by Gasteiger charge is -2.50. The van der Waals surface area contributed by atoms with Crippen molar-refractivity contribution in [2.24, 2.45) is 0 Å². The van der Waals surface area contributed by atoms with Gasteiger partial charge in [-0.05, 0) is 13.8 Å². The fourth-order valence-corrected chi connectivity index (χ4v) is 1.72. The van der Waals surface area contributed by atoms with Crippen molar-refractivity contribution in [1.29, 1.82) is 0 Å². The summed E-state index contributed by atoms with van der Waals surface area (Å²) in [6, 6.07) is 0. The molecule has 3 unspecified atom stereocenters. The van der Waals surface area contributed by atoms with Gasteiger partial charge in [-0.2, -0.15) is 22.0 Å². The highest BCUT2D eigenvalue weighted by Gasteiger charge is 2.80. The van der Waals surface area contributed by atoms with Crippen LogP contribution in [0.1, 0.15) is 13.8 Å². The van der Waals surface area contributed by atoms with Crippen molar-refractivity contribution in [3.8, 4) is 0 Å². The van der Waals surface area contributed by atoms with E-state index in [0.717, 1.165) is 6.92 Å². The minimum Gasteiger partial charge on any atom is -0.456 e. The van der Waals surface area contributed by atoms with Crippen LogP contribution in [0.4, 0.5) is 22.0 Å². The summed E-state index contributed by atoms with van der Waals surface area (Å²) < 4.78 is 79.2. The highest BCUT2D eigenvalue weighted by atomic mass is 19.4. The SMILES string of the molecule is C=CC(=O)OC(C)C1(C)OCOC(O)(C(F)(F)F)C1(F)F. The summed E-state index contributed by atoms with van der Waals surface area (Å²) in [6.45, 7) is 3.24. The second-order valence-electron chi connectivity index (χ2n) is 4.51. The molecule has 1 aliphatic heterocycles. The predicted octanol–water partition coefficient (Wildman–Crippen LogP) is 1.75. The third-order valence-electron chi connectivity index (χ3n) is 3.30. The molecule has 10 heteroatoms. The van der Waals surface area contributed by atoms with Gasteiger partial charge in [-0.1, -0.05) is 6.58 Å². The second kappa shape index (κ2) is 5.18.